The molecule has 2 fully saturated rings. The molecule has 178 valence electrons. The summed E-state index contributed by atoms with van der Waals surface area (Å²) >= 11 is 0. The fourth-order valence-electron chi connectivity index (χ4n) is 5.05. The Labute approximate surface area is 185 Å². The highest BCUT2D eigenvalue weighted by atomic mass is 16.5. The first-order valence-corrected chi connectivity index (χ1v) is 11.4. The van der Waals surface area contributed by atoms with Crippen LogP contribution in [0, 0.1) is 46.3 Å². The van der Waals surface area contributed by atoms with Crippen molar-refractivity contribution in [2.24, 2.45) is 46.3 Å². The van der Waals surface area contributed by atoms with E-state index in [1.54, 1.807) is 0 Å². The summed E-state index contributed by atoms with van der Waals surface area (Å²) < 4.78 is 12.1. The predicted molar refractivity (Wildman–Crippen MR) is 131 cm³/mol. The van der Waals surface area contributed by atoms with Gasteiger partial charge in [0.05, 0.1) is 18.3 Å². The number of ether oxygens (including phenoxy) is 2. The maximum Gasteiger partial charge on any atom is 0.0655 e. The third kappa shape index (κ3) is 7.84. The Bertz CT molecular complexity index is 444. The van der Waals surface area contributed by atoms with Gasteiger partial charge in [-0.1, -0.05) is 97.9 Å². The minimum atomic E-state index is 0. The van der Waals surface area contributed by atoms with Gasteiger partial charge in [0, 0.05) is 6.61 Å². The fraction of sp³-hybridized carbons (Fsp3) is 1.00. The van der Waals surface area contributed by atoms with E-state index in [4.69, 9.17) is 9.47 Å². The Balaban J connectivity index is 0. The highest BCUT2D eigenvalue weighted by molar-refractivity contribution is 4.90. The standard InChI is InChI=1S/C13H26O.C12H24O.2CH4/c1-8-9(2)11(4)14-12(10(8)3)13(5,6)7;1-8-7-13-11(12(4,5)6)10(3)9(8)2;;/h8-12H,1-7H3;8-11H,7H2,1-6H3;2*1H4/t8?,9-,10?,11+,12-;8-,9+,10?,11-;;/m11../s1. The maximum absolute atomic E-state index is 6.15. The molecule has 0 aromatic rings. The lowest BCUT2D eigenvalue weighted by atomic mass is 9.70. The van der Waals surface area contributed by atoms with Crippen molar-refractivity contribution in [2.75, 3.05) is 6.61 Å². The van der Waals surface area contributed by atoms with Crippen molar-refractivity contribution < 1.29 is 9.47 Å². The van der Waals surface area contributed by atoms with Crippen molar-refractivity contribution in [3.63, 3.8) is 0 Å². The summed E-state index contributed by atoms with van der Waals surface area (Å²) in [6.45, 7) is 30.8. The van der Waals surface area contributed by atoms with Crippen LogP contribution in [0.5, 0.6) is 0 Å². The zero-order chi connectivity index (χ0) is 21.3. The second kappa shape index (κ2) is 11.5. The fourth-order valence-corrected chi connectivity index (χ4v) is 5.05. The van der Waals surface area contributed by atoms with E-state index in [1.807, 2.05) is 0 Å². The molecule has 0 bridgehead atoms. The van der Waals surface area contributed by atoms with Crippen molar-refractivity contribution in [3.05, 3.63) is 0 Å². The first kappa shape index (κ1) is 31.1. The van der Waals surface area contributed by atoms with Gasteiger partial charge >= 0.3 is 0 Å². The molecule has 2 saturated heterocycles. The predicted octanol–water partition coefficient (Wildman–Crippen LogP) is 8.34. The van der Waals surface area contributed by atoms with Crippen LogP contribution in [0.25, 0.3) is 0 Å². The molecule has 0 aromatic heterocycles. The van der Waals surface area contributed by atoms with Crippen molar-refractivity contribution in [2.45, 2.75) is 123 Å². The van der Waals surface area contributed by atoms with E-state index in [0.717, 1.165) is 18.4 Å². The van der Waals surface area contributed by atoms with Crippen molar-refractivity contribution >= 4 is 0 Å². The first-order valence-electron chi connectivity index (χ1n) is 11.4. The topological polar surface area (TPSA) is 18.5 Å². The third-order valence-electron chi connectivity index (χ3n) is 7.69. The molecule has 2 rings (SSSR count). The van der Waals surface area contributed by atoms with Gasteiger partial charge in [-0.25, -0.2) is 0 Å². The summed E-state index contributed by atoms with van der Waals surface area (Å²) in [5.41, 5.74) is 0.551. The molecular weight excluding hydrogens is 356 g/mol. The van der Waals surface area contributed by atoms with E-state index in [-0.39, 0.29) is 25.7 Å². The highest BCUT2D eigenvalue weighted by Crippen LogP contribution is 2.41. The number of rotatable bonds is 0. The monoisotopic (exact) mass is 414 g/mol. The molecule has 3 unspecified atom stereocenters. The maximum atomic E-state index is 6.15. The molecule has 2 aliphatic rings. The molecule has 0 spiro atoms. The van der Waals surface area contributed by atoms with E-state index >= 15 is 0 Å². The molecule has 0 aromatic carbocycles. The van der Waals surface area contributed by atoms with Crippen LogP contribution in [0.4, 0.5) is 0 Å². The molecule has 2 heterocycles. The van der Waals surface area contributed by atoms with Gasteiger partial charge in [-0.3, -0.25) is 0 Å². The highest BCUT2D eigenvalue weighted by Gasteiger charge is 2.42. The normalized spacial score (nSPS) is 40.7. The van der Waals surface area contributed by atoms with Gasteiger partial charge in [-0.05, 0) is 53.3 Å². The van der Waals surface area contributed by atoms with E-state index in [1.165, 1.54) is 0 Å². The van der Waals surface area contributed by atoms with E-state index in [2.05, 4.69) is 90.0 Å². The lowest BCUT2D eigenvalue weighted by Gasteiger charge is -2.47. The summed E-state index contributed by atoms with van der Waals surface area (Å²) in [5.74, 6) is 4.31. The molecule has 0 N–H and O–H groups in total. The van der Waals surface area contributed by atoms with Crippen LogP contribution in [0.15, 0.2) is 0 Å². The Morgan fingerprint density at radius 1 is 0.552 bits per heavy atom. The summed E-state index contributed by atoms with van der Waals surface area (Å²) in [7, 11) is 0. The summed E-state index contributed by atoms with van der Waals surface area (Å²) in [6.07, 6.45) is 1.24. The van der Waals surface area contributed by atoms with E-state index in [9.17, 15) is 0 Å². The van der Waals surface area contributed by atoms with Gasteiger partial charge < -0.3 is 9.47 Å². The second-order valence-corrected chi connectivity index (χ2v) is 12.0. The molecule has 0 amide bonds. The van der Waals surface area contributed by atoms with E-state index < -0.39 is 0 Å². The van der Waals surface area contributed by atoms with Crippen molar-refractivity contribution in [3.8, 4) is 0 Å². The van der Waals surface area contributed by atoms with Crippen LogP contribution in [0.3, 0.4) is 0 Å². The largest absolute Gasteiger partial charge is 0.377 e. The minimum Gasteiger partial charge on any atom is -0.377 e. The van der Waals surface area contributed by atoms with E-state index in [0.29, 0.717) is 42.0 Å². The van der Waals surface area contributed by atoms with Crippen LogP contribution < -0.4 is 0 Å². The SMILES string of the molecule is C.C.CC1C(C)[C@H](C(C)(C)C)O[C@@H](C)[C@@H]1C.CC1[C@@H](C)[C@H](C)CO[C@H]1C(C)(C)C. The minimum absolute atomic E-state index is 0. The first-order chi connectivity index (χ1) is 12.1. The lowest BCUT2D eigenvalue weighted by Crippen LogP contribution is -2.48. The zero-order valence-electron chi connectivity index (χ0n) is 20.7. The molecule has 2 nitrogen and oxygen atoms in total. The Morgan fingerprint density at radius 3 is 1.38 bits per heavy atom. The van der Waals surface area contributed by atoms with Crippen LogP contribution in [-0.4, -0.2) is 24.9 Å². The molecule has 0 radical (unpaired) electrons. The molecule has 2 aliphatic heterocycles. The average Bonchev–Trinajstić information content (AvgIpc) is 2.52. The Kier molecular flexibility index (Phi) is 12.4. The number of hydrogen-bond acceptors (Lipinski definition) is 2. The molecule has 9 atom stereocenters. The summed E-state index contributed by atoms with van der Waals surface area (Å²) in [5, 5.41) is 0. The van der Waals surface area contributed by atoms with Gasteiger partial charge in [0.25, 0.3) is 0 Å². The number of hydrogen-bond donors (Lipinski definition) is 0. The zero-order valence-corrected chi connectivity index (χ0v) is 20.7. The lowest BCUT2D eigenvalue weighted by molar-refractivity contribution is -0.163. The Hall–Kier alpha value is -0.0800. The van der Waals surface area contributed by atoms with Crippen LogP contribution in [0.1, 0.15) is 105 Å². The van der Waals surface area contributed by atoms with Crippen molar-refractivity contribution in [1.82, 2.24) is 0 Å². The van der Waals surface area contributed by atoms with Gasteiger partial charge in [-0.2, -0.15) is 0 Å². The molecule has 0 aliphatic carbocycles. The molecular formula is C27H58O2. The van der Waals surface area contributed by atoms with Gasteiger partial charge in [0.2, 0.25) is 0 Å². The van der Waals surface area contributed by atoms with Gasteiger partial charge in [-0.15, -0.1) is 0 Å². The van der Waals surface area contributed by atoms with Crippen LogP contribution >= 0.6 is 0 Å². The summed E-state index contributed by atoms with van der Waals surface area (Å²) in [6, 6.07) is 0. The molecule has 29 heavy (non-hydrogen) atoms. The van der Waals surface area contributed by atoms with Crippen LogP contribution in [-0.2, 0) is 9.47 Å². The second-order valence-electron chi connectivity index (χ2n) is 12.0. The van der Waals surface area contributed by atoms with Crippen LogP contribution in [0.2, 0.25) is 0 Å². The Morgan fingerprint density at radius 2 is 0.966 bits per heavy atom. The van der Waals surface area contributed by atoms with Gasteiger partial charge in [0.1, 0.15) is 0 Å². The summed E-state index contributed by atoms with van der Waals surface area (Å²) in [4.78, 5) is 0. The average molecular weight is 415 g/mol. The van der Waals surface area contributed by atoms with Crippen molar-refractivity contribution in [1.29, 1.82) is 0 Å². The molecule has 0 saturated carbocycles. The molecule has 2 heteroatoms. The third-order valence-corrected chi connectivity index (χ3v) is 7.69. The quantitative estimate of drug-likeness (QED) is 0.396. The smallest absolute Gasteiger partial charge is 0.0655 e. The van der Waals surface area contributed by atoms with Gasteiger partial charge in [0.15, 0.2) is 0 Å².